The first-order valence-corrected chi connectivity index (χ1v) is 10.5. The van der Waals surface area contributed by atoms with Crippen molar-refractivity contribution in [3.8, 4) is 11.5 Å². The number of hydrogen-bond acceptors (Lipinski definition) is 5. The summed E-state index contributed by atoms with van der Waals surface area (Å²) in [6.45, 7) is 5.54. The van der Waals surface area contributed by atoms with Crippen molar-refractivity contribution in [2.24, 2.45) is 5.92 Å². The zero-order valence-electron chi connectivity index (χ0n) is 17.6. The molecule has 0 radical (unpaired) electrons. The summed E-state index contributed by atoms with van der Waals surface area (Å²) >= 11 is 0. The first kappa shape index (κ1) is 20.3. The number of benzene rings is 1. The Morgan fingerprint density at radius 3 is 2.53 bits per heavy atom. The number of ether oxygens (including phenoxy) is 2. The smallest absolute Gasteiger partial charge is 0.242 e. The molecule has 0 saturated heterocycles. The maximum atomic E-state index is 13.3. The number of amides is 2. The molecule has 160 valence electrons. The Labute approximate surface area is 176 Å². The van der Waals surface area contributed by atoms with Crippen LogP contribution in [0, 0.1) is 12.8 Å². The average molecular weight is 412 g/mol. The second-order valence-electron chi connectivity index (χ2n) is 7.98. The Balaban J connectivity index is 1.51. The first-order chi connectivity index (χ1) is 14.5. The van der Waals surface area contributed by atoms with Gasteiger partial charge >= 0.3 is 0 Å². The van der Waals surface area contributed by atoms with E-state index < -0.39 is 0 Å². The number of carbonyl (C=O) groups is 2. The van der Waals surface area contributed by atoms with E-state index in [1.807, 2.05) is 44.2 Å². The van der Waals surface area contributed by atoms with Gasteiger partial charge in [0.15, 0.2) is 11.5 Å². The SMILES string of the molecule is CCCN(CC(=O)N(Cc1ccc2c(c1)OCO2)Cc1ccc(C)o1)C(=O)C1CC1. The first-order valence-electron chi connectivity index (χ1n) is 10.5. The van der Waals surface area contributed by atoms with Crippen molar-refractivity contribution in [3.05, 3.63) is 47.4 Å². The highest BCUT2D eigenvalue weighted by Crippen LogP contribution is 2.33. The van der Waals surface area contributed by atoms with E-state index in [4.69, 9.17) is 13.9 Å². The van der Waals surface area contributed by atoms with Gasteiger partial charge < -0.3 is 23.7 Å². The second-order valence-corrected chi connectivity index (χ2v) is 7.98. The van der Waals surface area contributed by atoms with Crippen molar-refractivity contribution in [1.29, 1.82) is 0 Å². The molecule has 1 aliphatic carbocycles. The highest BCUT2D eigenvalue weighted by molar-refractivity contribution is 5.87. The molecule has 30 heavy (non-hydrogen) atoms. The summed E-state index contributed by atoms with van der Waals surface area (Å²) in [5.74, 6) is 3.02. The van der Waals surface area contributed by atoms with Gasteiger partial charge in [-0.15, -0.1) is 0 Å². The minimum Gasteiger partial charge on any atom is -0.464 e. The average Bonchev–Trinajstić information content (AvgIpc) is 3.34. The van der Waals surface area contributed by atoms with Gasteiger partial charge in [-0.3, -0.25) is 9.59 Å². The normalized spacial score (nSPS) is 14.6. The molecule has 1 aliphatic heterocycles. The van der Waals surface area contributed by atoms with Crippen LogP contribution >= 0.6 is 0 Å². The fourth-order valence-electron chi connectivity index (χ4n) is 3.64. The van der Waals surface area contributed by atoms with E-state index in [1.54, 1.807) is 9.80 Å². The molecule has 7 nitrogen and oxygen atoms in total. The highest BCUT2D eigenvalue weighted by Gasteiger charge is 2.34. The van der Waals surface area contributed by atoms with E-state index in [-0.39, 0.29) is 31.1 Å². The molecule has 1 aromatic carbocycles. The summed E-state index contributed by atoms with van der Waals surface area (Å²) in [6, 6.07) is 9.46. The van der Waals surface area contributed by atoms with Gasteiger partial charge in [0.05, 0.1) is 13.1 Å². The Morgan fingerprint density at radius 2 is 1.83 bits per heavy atom. The molecule has 1 saturated carbocycles. The van der Waals surface area contributed by atoms with Gasteiger partial charge in [-0.2, -0.15) is 0 Å². The van der Waals surface area contributed by atoms with Crippen LogP contribution in [0.4, 0.5) is 0 Å². The molecule has 2 aromatic rings. The largest absolute Gasteiger partial charge is 0.464 e. The van der Waals surface area contributed by atoms with E-state index in [9.17, 15) is 9.59 Å². The molecule has 1 fully saturated rings. The van der Waals surface area contributed by atoms with Gasteiger partial charge in [0, 0.05) is 19.0 Å². The number of rotatable bonds is 9. The van der Waals surface area contributed by atoms with Crippen LogP contribution in [0.25, 0.3) is 0 Å². The predicted molar refractivity (Wildman–Crippen MR) is 110 cm³/mol. The van der Waals surface area contributed by atoms with Crippen LogP contribution in [-0.4, -0.2) is 41.5 Å². The Hall–Kier alpha value is -2.96. The van der Waals surface area contributed by atoms with Gasteiger partial charge in [0.2, 0.25) is 18.6 Å². The number of hydrogen-bond donors (Lipinski definition) is 0. The van der Waals surface area contributed by atoms with E-state index >= 15 is 0 Å². The van der Waals surface area contributed by atoms with Gasteiger partial charge in [-0.05, 0) is 56.0 Å². The van der Waals surface area contributed by atoms with E-state index in [2.05, 4.69) is 0 Å². The van der Waals surface area contributed by atoms with Crippen LogP contribution < -0.4 is 9.47 Å². The molecule has 0 bridgehead atoms. The van der Waals surface area contributed by atoms with Crippen molar-refractivity contribution in [2.45, 2.75) is 46.2 Å². The predicted octanol–water partition coefficient (Wildman–Crippen LogP) is 3.49. The zero-order chi connectivity index (χ0) is 21.1. The molecule has 0 unspecified atom stereocenters. The Morgan fingerprint density at radius 1 is 1.03 bits per heavy atom. The lowest BCUT2D eigenvalue weighted by atomic mass is 10.1. The standard InChI is InChI=1S/C23H28N2O5/c1-3-10-24(23(27)18-6-7-18)14-22(26)25(13-19-8-4-16(2)30-19)12-17-5-9-20-21(11-17)29-15-28-20/h4-5,8-9,11,18H,3,6-7,10,12-15H2,1-2H3. The summed E-state index contributed by atoms with van der Waals surface area (Å²) in [5, 5.41) is 0. The van der Waals surface area contributed by atoms with Crippen LogP contribution in [0.1, 0.15) is 43.3 Å². The lowest BCUT2D eigenvalue weighted by molar-refractivity contribution is -0.142. The minimum atomic E-state index is -0.0934. The molecule has 2 aliphatic rings. The summed E-state index contributed by atoms with van der Waals surface area (Å²) in [4.78, 5) is 29.3. The summed E-state index contributed by atoms with van der Waals surface area (Å²) in [7, 11) is 0. The molecule has 7 heteroatoms. The topological polar surface area (TPSA) is 72.2 Å². The van der Waals surface area contributed by atoms with Crippen molar-refractivity contribution < 1.29 is 23.5 Å². The second kappa shape index (κ2) is 8.81. The number of aryl methyl sites for hydroxylation is 1. The fourth-order valence-corrected chi connectivity index (χ4v) is 3.64. The highest BCUT2D eigenvalue weighted by atomic mass is 16.7. The van der Waals surface area contributed by atoms with Crippen LogP contribution in [0.5, 0.6) is 11.5 Å². The monoisotopic (exact) mass is 412 g/mol. The molecule has 2 heterocycles. The maximum Gasteiger partial charge on any atom is 0.242 e. The third-order valence-electron chi connectivity index (χ3n) is 5.36. The third kappa shape index (κ3) is 4.78. The Bertz CT molecular complexity index is 918. The minimum absolute atomic E-state index is 0.0907. The van der Waals surface area contributed by atoms with Crippen LogP contribution in [0.2, 0.25) is 0 Å². The molecule has 1 aromatic heterocycles. The quantitative estimate of drug-likeness (QED) is 0.630. The molecular formula is C23H28N2O5. The van der Waals surface area contributed by atoms with Crippen molar-refractivity contribution in [2.75, 3.05) is 19.9 Å². The molecule has 0 N–H and O–H groups in total. The summed E-state index contributed by atoms with van der Waals surface area (Å²) in [5.41, 5.74) is 0.937. The van der Waals surface area contributed by atoms with Crippen LogP contribution in [0.15, 0.2) is 34.7 Å². The van der Waals surface area contributed by atoms with Crippen molar-refractivity contribution in [1.82, 2.24) is 9.80 Å². The third-order valence-corrected chi connectivity index (χ3v) is 5.36. The van der Waals surface area contributed by atoms with Crippen molar-refractivity contribution >= 4 is 11.8 Å². The van der Waals surface area contributed by atoms with Gasteiger partial charge in [-0.25, -0.2) is 0 Å². The Kier molecular flexibility index (Phi) is 5.97. The van der Waals surface area contributed by atoms with Crippen LogP contribution in [-0.2, 0) is 22.7 Å². The van der Waals surface area contributed by atoms with Gasteiger partial charge in [0.1, 0.15) is 11.5 Å². The molecule has 0 atom stereocenters. The zero-order valence-corrected chi connectivity index (χ0v) is 17.6. The fraction of sp³-hybridized carbons (Fsp3) is 0.478. The molecule has 4 rings (SSSR count). The van der Waals surface area contributed by atoms with E-state index in [0.717, 1.165) is 36.3 Å². The van der Waals surface area contributed by atoms with Crippen molar-refractivity contribution in [3.63, 3.8) is 0 Å². The van der Waals surface area contributed by atoms with E-state index in [0.29, 0.717) is 31.1 Å². The number of fused-ring (bicyclic) bond motifs is 1. The van der Waals surface area contributed by atoms with E-state index in [1.165, 1.54) is 0 Å². The summed E-state index contributed by atoms with van der Waals surface area (Å²) < 4.78 is 16.5. The molecule has 2 amide bonds. The lowest BCUT2D eigenvalue weighted by Crippen LogP contribution is -2.43. The summed E-state index contributed by atoms with van der Waals surface area (Å²) in [6.07, 6.45) is 2.69. The molecule has 0 spiro atoms. The maximum absolute atomic E-state index is 13.3. The van der Waals surface area contributed by atoms with Gasteiger partial charge in [0.25, 0.3) is 0 Å². The number of furan rings is 1. The van der Waals surface area contributed by atoms with Crippen LogP contribution in [0.3, 0.4) is 0 Å². The molecular weight excluding hydrogens is 384 g/mol. The van der Waals surface area contributed by atoms with Gasteiger partial charge in [-0.1, -0.05) is 13.0 Å². The number of carbonyl (C=O) groups excluding carboxylic acids is 2. The number of nitrogens with zero attached hydrogens (tertiary/aromatic N) is 2. The lowest BCUT2D eigenvalue weighted by Gasteiger charge is -2.27.